The lowest BCUT2D eigenvalue weighted by atomic mass is 10.2. The number of fused-ring (bicyclic) bond motifs is 2. The van der Waals surface area contributed by atoms with Gasteiger partial charge in [0.15, 0.2) is 0 Å². The third kappa shape index (κ3) is 1.22. The van der Waals surface area contributed by atoms with E-state index in [1.54, 1.807) is 0 Å². The third-order valence-electron chi connectivity index (χ3n) is 3.42. The van der Waals surface area contributed by atoms with E-state index in [0.29, 0.717) is 0 Å². The van der Waals surface area contributed by atoms with Gasteiger partial charge in [0.25, 0.3) is 0 Å². The topological polar surface area (TPSA) is 15.3 Å². The molecule has 2 bridgehead atoms. The van der Waals surface area contributed by atoms with Crippen LogP contribution in [-0.2, 0) is 0 Å². The van der Waals surface area contributed by atoms with E-state index < -0.39 is 0 Å². The number of nitrogens with one attached hydrogen (secondary N) is 1. The molecule has 3 rings (SSSR count). The summed E-state index contributed by atoms with van der Waals surface area (Å²) in [6.45, 7) is 4.49. The van der Waals surface area contributed by atoms with Crippen LogP contribution in [0.25, 0.3) is 0 Å². The maximum atomic E-state index is 3.53. The molecule has 0 spiro atoms. The summed E-state index contributed by atoms with van der Waals surface area (Å²) in [7, 11) is 0. The molecule has 0 aliphatic carbocycles. The van der Waals surface area contributed by atoms with Crippen LogP contribution in [0.3, 0.4) is 0 Å². The van der Waals surface area contributed by atoms with Crippen molar-refractivity contribution in [2.24, 2.45) is 0 Å². The monoisotopic (exact) mass is 188 g/mol. The quantitative estimate of drug-likeness (QED) is 0.719. The second-order valence-corrected chi connectivity index (χ2v) is 4.48. The minimum Gasteiger partial charge on any atom is -0.366 e. The molecule has 2 nitrogen and oxygen atoms in total. The Bertz CT molecular complexity index is 331. The number of nitrogens with zero attached hydrogens (tertiary/aromatic N) is 1. The van der Waals surface area contributed by atoms with Gasteiger partial charge in [-0.25, -0.2) is 0 Å². The minimum absolute atomic E-state index is 0.737. The van der Waals surface area contributed by atoms with Gasteiger partial charge < -0.3 is 10.2 Å². The highest BCUT2D eigenvalue weighted by Gasteiger charge is 2.37. The lowest BCUT2D eigenvalue weighted by Gasteiger charge is -2.29. The van der Waals surface area contributed by atoms with Crippen LogP contribution in [0, 0.1) is 6.92 Å². The summed E-state index contributed by atoms with van der Waals surface area (Å²) < 4.78 is 0. The van der Waals surface area contributed by atoms with Crippen molar-refractivity contribution >= 4 is 5.69 Å². The third-order valence-corrected chi connectivity index (χ3v) is 3.42. The standard InChI is InChI=1S/C12H16N2/c1-9-2-4-11(5-3-9)14-8-10-6-12(14)7-13-10/h2-5,10,12-13H,6-8H2,1H3/t10-,12-/m0/s1. The number of aryl methyl sites for hydroxylation is 1. The van der Waals surface area contributed by atoms with Crippen LogP contribution in [0.1, 0.15) is 12.0 Å². The molecule has 14 heavy (non-hydrogen) atoms. The van der Waals surface area contributed by atoms with Crippen LogP contribution < -0.4 is 10.2 Å². The Hall–Kier alpha value is -1.02. The molecule has 2 aliphatic rings. The van der Waals surface area contributed by atoms with Crippen molar-refractivity contribution in [2.75, 3.05) is 18.0 Å². The lowest BCUT2D eigenvalue weighted by molar-refractivity contribution is 0.580. The van der Waals surface area contributed by atoms with Crippen molar-refractivity contribution < 1.29 is 0 Å². The van der Waals surface area contributed by atoms with E-state index in [9.17, 15) is 0 Å². The Balaban J connectivity index is 1.86. The van der Waals surface area contributed by atoms with Gasteiger partial charge in [-0.2, -0.15) is 0 Å². The predicted molar refractivity (Wildman–Crippen MR) is 58.7 cm³/mol. The van der Waals surface area contributed by atoms with Crippen molar-refractivity contribution in [3.05, 3.63) is 29.8 Å². The molecule has 2 heterocycles. The van der Waals surface area contributed by atoms with Crippen LogP contribution in [0.2, 0.25) is 0 Å². The second-order valence-electron chi connectivity index (χ2n) is 4.48. The molecule has 0 unspecified atom stereocenters. The highest BCUT2D eigenvalue weighted by Crippen LogP contribution is 2.29. The molecule has 0 radical (unpaired) electrons. The summed E-state index contributed by atoms with van der Waals surface area (Å²) in [5.41, 5.74) is 2.74. The van der Waals surface area contributed by atoms with Gasteiger partial charge in [-0.05, 0) is 25.5 Å². The first kappa shape index (κ1) is 8.30. The van der Waals surface area contributed by atoms with Gasteiger partial charge in [0.05, 0.1) is 0 Å². The van der Waals surface area contributed by atoms with Gasteiger partial charge in [-0.15, -0.1) is 0 Å². The van der Waals surface area contributed by atoms with Gasteiger partial charge >= 0.3 is 0 Å². The molecule has 2 atom stereocenters. The Morgan fingerprint density at radius 2 is 2.07 bits per heavy atom. The number of anilines is 1. The average molecular weight is 188 g/mol. The smallest absolute Gasteiger partial charge is 0.0430 e. The van der Waals surface area contributed by atoms with Crippen LogP contribution in [0.15, 0.2) is 24.3 Å². The molecule has 1 N–H and O–H groups in total. The van der Waals surface area contributed by atoms with Crippen LogP contribution in [0.4, 0.5) is 5.69 Å². The van der Waals surface area contributed by atoms with Gasteiger partial charge in [0.2, 0.25) is 0 Å². The molecule has 0 saturated carbocycles. The van der Waals surface area contributed by atoms with E-state index >= 15 is 0 Å². The van der Waals surface area contributed by atoms with E-state index in [-0.39, 0.29) is 0 Å². The molecular formula is C12H16N2. The average Bonchev–Trinajstić information content (AvgIpc) is 2.80. The lowest BCUT2D eigenvalue weighted by Crippen LogP contribution is -2.43. The predicted octanol–water partition coefficient (Wildman–Crippen LogP) is 1.55. The first-order valence-electron chi connectivity index (χ1n) is 5.39. The maximum absolute atomic E-state index is 3.53. The van der Waals surface area contributed by atoms with Gasteiger partial charge in [-0.3, -0.25) is 0 Å². The Labute approximate surface area is 84.9 Å². The van der Waals surface area contributed by atoms with Gasteiger partial charge in [0.1, 0.15) is 0 Å². The summed E-state index contributed by atoms with van der Waals surface area (Å²) in [4.78, 5) is 2.54. The van der Waals surface area contributed by atoms with Crippen molar-refractivity contribution in [1.29, 1.82) is 0 Å². The molecule has 0 aromatic heterocycles. The Morgan fingerprint density at radius 3 is 2.64 bits per heavy atom. The van der Waals surface area contributed by atoms with Crippen molar-refractivity contribution in [3.63, 3.8) is 0 Å². The van der Waals surface area contributed by atoms with Crippen molar-refractivity contribution in [1.82, 2.24) is 5.32 Å². The number of hydrogen-bond acceptors (Lipinski definition) is 2. The molecule has 74 valence electrons. The molecule has 1 aromatic rings. The molecule has 0 amide bonds. The second kappa shape index (κ2) is 2.99. The Kier molecular flexibility index (Phi) is 1.77. The highest BCUT2D eigenvalue weighted by atomic mass is 15.3. The SMILES string of the molecule is Cc1ccc(N2C[C@@H]3C[C@H]2CN3)cc1. The van der Waals surface area contributed by atoms with Crippen LogP contribution >= 0.6 is 0 Å². The zero-order valence-electron chi connectivity index (χ0n) is 8.53. The summed E-state index contributed by atoms with van der Waals surface area (Å²) in [5.74, 6) is 0. The maximum Gasteiger partial charge on any atom is 0.0430 e. The highest BCUT2D eigenvalue weighted by molar-refractivity contribution is 5.50. The zero-order chi connectivity index (χ0) is 9.54. The van der Waals surface area contributed by atoms with E-state index in [1.807, 2.05) is 0 Å². The van der Waals surface area contributed by atoms with E-state index in [0.717, 1.165) is 12.1 Å². The van der Waals surface area contributed by atoms with E-state index in [2.05, 4.69) is 41.4 Å². The van der Waals surface area contributed by atoms with Gasteiger partial charge in [0, 0.05) is 30.9 Å². The molecule has 2 heteroatoms. The van der Waals surface area contributed by atoms with Crippen LogP contribution in [-0.4, -0.2) is 25.2 Å². The number of rotatable bonds is 1. The Morgan fingerprint density at radius 1 is 1.29 bits per heavy atom. The van der Waals surface area contributed by atoms with Crippen LogP contribution in [0.5, 0.6) is 0 Å². The number of benzene rings is 1. The number of hydrogen-bond donors (Lipinski definition) is 1. The number of piperazine rings is 1. The fourth-order valence-electron chi connectivity index (χ4n) is 2.61. The molecule has 2 saturated heterocycles. The minimum atomic E-state index is 0.737. The molecule has 2 aliphatic heterocycles. The summed E-state index contributed by atoms with van der Waals surface area (Å²) in [6.07, 6.45) is 1.33. The van der Waals surface area contributed by atoms with Crippen molar-refractivity contribution in [2.45, 2.75) is 25.4 Å². The fourth-order valence-corrected chi connectivity index (χ4v) is 2.61. The molecule has 2 fully saturated rings. The van der Waals surface area contributed by atoms with Gasteiger partial charge in [-0.1, -0.05) is 17.7 Å². The first-order valence-corrected chi connectivity index (χ1v) is 5.39. The van der Waals surface area contributed by atoms with E-state index in [4.69, 9.17) is 0 Å². The molecular weight excluding hydrogens is 172 g/mol. The van der Waals surface area contributed by atoms with E-state index in [1.165, 1.54) is 30.8 Å². The summed E-state index contributed by atoms with van der Waals surface area (Å²) in [5, 5.41) is 3.53. The zero-order valence-corrected chi connectivity index (χ0v) is 8.53. The summed E-state index contributed by atoms with van der Waals surface area (Å²) >= 11 is 0. The molecule has 1 aromatic carbocycles. The largest absolute Gasteiger partial charge is 0.366 e. The fraction of sp³-hybridized carbons (Fsp3) is 0.500. The summed E-state index contributed by atoms with van der Waals surface area (Å²) in [6, 6.07) is 10.4. The first-order chi connectivity index (χ1) is 6.83. The van der Waals surface area contributed by atoms with Crippen molar-refractivity contribution in [3.8, 4) is 0 Å². The normalized spacial score (nSPS) is 29.9.